The van der Waals surface area contributed by atoms with Crippen LogP contribution in [0.1, 0.15) is 10.5 Å². The van der Waals surface area contributed by atoms with Crippen molar-refractivity contribution < 1.29 is 22.7 Å². The summed E-state index contributed by atoms with van der Waals surface area (Å²) < 4.78 is 41.0. The molecule has 0 saturated carbocycles. The summed E-state index contributed by atoms with van der Waals surface area (Å²) in [7, 11) is 0. The molecule has 0 bridgehead atoms. The maximum atomic E-state index is 12.3. The van der Waals surface area contributed by atoms with Crippen molar-refractivity contribution in [2.24, 2.45) is 0 Å². The van der Waals surface area contributed by atoms with Gasteiger partial charge in [0.2, 0.25) is 0 Å². The average Bonchev–Trinajstić information content (AvgIpc) is 2.89. The molecule has 0 unspecified atom stereocenters. The zero-order valence-electron chi connectivity index (χ0n) is 11.9. The van der Waals surface area contributed by atoms with Gasteiger partial charge in [-0.05, 0) is 24.3 Å². The van der Waals surface area contributed by atoms with Gasteiger partial charge in [-0.3, -0.25) is 10.1 Å². The molecule has 130 valence electrons. The van der Waals surface area contributed by atoms with E-state index in [2.05, 4.69) is 20.0 Å². The monoisotopic (exact) mass is 407 g/mol. The first-order valence-corrected chi connectivity index (χ1v) is 8.08. The molecule has 0 aliphatic heterocycles. The standard InChI is InChI=1S/C14H6Cl2F3N3O2S/c15-7-2-4-10(16)21-11(7)12(23)22-13-20-8-3-1-6(5-9(8)25-13)24-14(17,18)19/h1-5H,(H,20,22,23). The SMILES string of the molecule is O=C(Nc1nc2ccc(OC(F)(F)F)cc2s1)c1nc(Cl)ccc1Cl. The molecule has 0 saturated heterocycles. The van der Waals surface area contributed by atoms with Crippen LogP contribution in [0.2, 0.25) is 10.2 Å². The van der Waals surface area contributed by atoms with E-state index < -0.39 is 12.3 Å². The molecule has 1 amide bonds. The van der Waals surface area contributed by atoms with Crippen LogP contribution in [0.15, 0.2) is 30.3 Å². The Bertz CT molecular complexity index is 962. The topological polar surface area (TPSA) is 64.1 Å². The number of benzene rings is 1. The number of carbonyl (C=O) groups is 1. The zero-order chi connectivity index (χ0) is 18.2. The van der Waals surface area contributed by atoms with Crippen LogP contribution in [-0.2, 0) is 0 Å². The van der Waals surface area contributed by atoms with Gasteiger partial charge in [-0.2, -0.15) is 0 Å². The van der Waals surface area contributed by atoms with E-state index in [-0.39, 0.29) is 26.8 Å². The number of halogens is 5. The molecule has 0 atom stereocenters. The fourth-order valence-corrected chi connectivity index (χ4v) is 3.12. The molecule has 25 heavy (non-hydrogen) atoms. The molecular weight excluding hydrogens is 402 g/mol. The van der Waals surface area contributed by atoms with E-state index in [9.17, 15) is 18.0 Å². The number of aromatic nitrogens is 2. The van der Waals surface area contributed by atoms with Crippen LogP contribution in [-0.4, -0.2) is 22.2 Å². The highest BCUT2D eigenvalue weighted by molar-refractivity contribution is 7.22. The highest BCUT2D eigenvalue weighted by Crippen LogP contribution is 2.32. The Hall–Kier alpha value is -2.10. The van der Waals surface area contributed by atoms with Gasteiger partial charge in [-0.25, -0.2) is 9.97 Å². The Morgan fingerprint density at radius 2 is 1.92 bits per heavy atom. The van der Waals surface area contributed by atoms with E-state index in [4.69, 9.17) is 23.2 Å². The second kappa shape index (κ2) is 6.66. The number of carbonyl (C=O) groups excluding carboxylic acids is 1. The van der Waals surface area contributed by atoms with E-state index in [0.29, 0.717) is 10.2 Å². The number of thiazole rings is 1. The Kier molecular flexibility index (Phi) is 4.72. The second-order valence-corrected chi connectivity index (χ2v) is 6.44. The van der Waals surface area contributed by atoms with Crippen LogP contribution in [0.25, 0.3) is 10.2 Å². The number of pyridine rings is 1. The van der Waals surface area contributed by atoms with Crippen LogP contribution in [0.5, 0.6) is 5.75 Å². The minimum absolute atomic E-state index is 0.0884. The number of amides is 1. The molecule has 0 radical (unpaired) electrons. The van der Waals surface area contributed by atoms with E-state index in [1.807, 2.05) is 0 Å². The van der Waals surface area contributed by atoms with Gasteiger partial charge in [0.25, 0.3) is 5.91 Å². The van der Waals surface area contributed by atoms with Crippen LogP contribution in [0.3, 0.4) is 0 Å². The summed E-state index contributed by atoms with van der Waals surface area (Å²) in [6.45, 7) is 0. The minimum atomic E-state index is -4.79. The molecular formula is C14H6Cl2F3N3O2S. The van der Waals surface area contributed by atoms with Crippen molar-refractivity contribution in [3.8, 4) is 5.75 Å². The number of hydrogen-bond acceptors (Lipinski definition) is 5. The van der Waals surface area contributed by atoms with Crippen LogP contribution >= 0.6 is 34.5 Å². The minimum Gasteiger partial charge on any atom is -0.406 e. The van der Waals surface area contributed by atoms with Gasteiger partial charge in [0.1, 0.15) is 16.6 Å². The fraction of sp³-hybridized carbons (Fsp3) is 0.0714. The summed E-state index contributed by atoms with van der Waals surface area (Å²) in [5, 5.41) is 2.84. The highest BCUT2D eigenvalue weighted by atomic mass is 35.5. The predicted octanol–water partition coefficient (Wildman–Crippen LogP) is 5.15. The lowest BCUT2D eigenvalue weighted by Crippen LogP contribution is -2.16. The Morgan fingerprint density at radius 1 is 1.16 bits per heavy atom. The number of ether oxygens (including phenoxy) is 1. The summed E-state index contributed by atoms with van der Waals surface area (Å²) in [5.41, 5.74) is 0.314. The first kappa shape index (κ1) is 17.7. The third-order valence-electron chi connectivity index (χ3n) is 2.84. The van der Waals surface area contributed by atoms with E-state index in [0.717, 1.165) is 17.4 Å². The smallest absolute Gasteiger partial charge is 0.406 e. The van der Waals surface area contributed by atoms with Crippen molar-refractivity contribution in [3.05, 3.63) is 46.2 Å². The molecule has 2 heterocycles. The lowest BCUT2D eigenvalue weighted by atomic mass is 10.3. The van der Waals surface area contributed by atoms with Gasteiger partial charge >= 0.3 is 6.36 Å². The molecule has 3 rings (SSSR count). The van der Waals surface area contributed by atoms with Gasteiger partial charge in [-0.15, -0.1) is 13.2 Å². The molecule has 11 heteroatoms. The van der Waals surface area contributed by atoms with Crippen molar-refractivity contribution in [3.63, 3.8) is 0 Å². The van der Waals surface area contributed by atoms with Crippen LogP contribution in [0.4, 0.5) is 18.3 Å². The zero-order valence-corrected chi connectivity index (χ0v) is 14.2. The second-order valence-electron chi connectivity index (χ2n) is 4.61. The molecule has 1 N–H and O–H groups in total. The van der Waals surface area contributed by atoms with E-state index in [1.54, 1.807) is 0 Å². The van der Waals surface area contributed by atoms with Gasteiger partial charge in [0, 0.05) is 6.07 Å². The first-order chi connectivity index (χ1) is 11.7. The van der Waals surface area contributed by atoms with Gasteiger partial charge < -0.3 is 4.74 Å². The number of nitrogens with one attached hydrogen (secondary N) is 1. The lowest BCUT2D eigenvalue weighted by molar-refractivity contribution is -0.274. The Balaban J connectivity index is 1.84. The Labute approximate surface area is 152 Å². The molecule has 1 aromatic carbocycles. The molecule has 0 aliphatic carbocycles. The fourth-order valence-electron chi connectivity index (χ4n) is 1.89. The molecule has 0 spiro atoms. The average molecular weight is 408 g/mol. The van der Waals surface area contributed by atoms with Crippen molar-refractivity contribution in [1.82, 2.24) is 9.97 Å². The van der Waals surface area contributed by atoms with Crippen molar-refractivity contribution in [2.45, 2.75) is 6.36 Å². The number of anilines is 1. The number of alkyl halides is 3. The van der Waals surface area contributed by atoms with Crippen LogP contribution < -0.4 is 10.1 Å². The molecule has 2 aromatic heterocycles. The summed E-state index contributed by atoms with van der Waals surface area (Å²) in [5.74, 6) is -1.01. The van der Waals surface area contributed by atoms with Gasteiger partial charge in [-0.1, -0.05) is 34.5 Å². The van der Waals surface area contributed by atoms with Crippen molar-refractivity contribution in [2.75, 3.05) is 5.32 Å². The number of fused-ring (bicyclic) bond motifs is 1. The number of rotatable bonds is 3. The van der Waals surface area contributed by atoms with Gasteiger partial charge in [0.05, 0.1) is 15.2 Å². The molecule has 0 fully saturated rings. The summed E-state index contributed by atoms with van der Waals surface area (Å²) in [4.78, 5) is 20.1. The molecule has 0 aliphatic rings. The normalized spacial score (nSPS) is 11.6. The maximum absolute atomic E-state index is 12.3. The molecule has 5 nitrogen and oxygen atoms in total. The molecule has 3 aromatic rings. The maximum Gasteiger partial charge on any atom is 0.573 e. The lowest BCUT2D eigenvalue weighted by Gasteiger charge is -2.07. The van der Waals surface area contributed by atoms with Crippen molar-refractivity contribution >= 4 is 55.8 Å². The third kappa shape index (κ3) is 4.30. The first-order valence-electron chi connectivity index (χ1n) is 6.51. The summed E-state index contributed by atoms with van der Waals surface area (Å²) in [6, 6.07) is 6.52. The van der Waals surface area contributed by atoms with Gasteiger partial charge in [0.15, 0.2) is 5.13 Å². The highest BCUT2D eigenvalue weighted by Gasteiger charge is 2.31. The number of nitrogens with zero attached hydrogens (tertiary/aromatic N) is 2. The summed E-state index contributed by atoms with van der Waals surface area (Å²) >= 11 is 12.6. The Morgan fingerprint density at radius 3 is 2.64 bits per heavy atom. The van der Waals surface area contributed by atoms with E-state index in [1.165, 1.54) is 24.3 Å². The number of hydrogen-bond donors (Lipinski definition) is 1. The summed E-state index contributed by atoms with van der Waals surface area (Å²) in [6.07, 6.45) is -4.79. The predicted molar refractivity (Wildman–Crippen MR) is 88.5 cm³/mol. The largest absolute Gasteiger partial charge is 0.573 e. The third-order valence-corrected chi connectivity index (χ3v) is 4.29. The van der Waals surface area contributed by atoms with E-state index >= 15 is 0 Å². The quantitative estimate of drug-likeness (QED) is 0.609. The van der Waals surface area contributed by atoms with Crippen LogP contribution in [0, 0.1) is 0 Å². The van der Waals surface area contributed by atoms with Crippen molar-refractivity contribution in [1.29, 1.82) is 0 Å².